The van der Waals surface area contributed by atoms with Crippen LogP contribution in [0.5, 0.6) is 5.75 Å². The summed E-state index contributed by atoms with van der Waals surface area (Å²) in [5.41, 5.74) is 1.18. The lowest BCUT2D eigenvalue weighted by Crippen LogP contribution is -2.00. The first-order chi connectivity index (χ1) is 13.7. The summed E-state index contributed by atoms with van der Waals surface area (Å²) in [7, 11) is 0. The minimum atomic E-state index is -0.335. The topological polar surface area (TPSA) is 50.4 Å². The van der Waals surface area contributed by atoms with Gasteiger partial charge in [-0.1, -0.05) is 90.4 Å². The van der Waals surface area contributed by atoms with E-state index in [9.17, 15) is 9.90 Å². The van der Waals surface area contributed by atoms with Crippen molar-refractivity contribution < 1.29 is 9.52 Å². The van der Waals surface area contributed by atoms with E-state index in [2.05, 4.69) is 6.92 Å². The highest BCUT2D eigenvalue weighted by Gasteiger charge is 2.06. The molecule has 0 fully saturated rings. The Hall–Kier alpha value is -1.77. The summed E-state index contributed by atoms with van der Waals surface area (Å²) >= 11 is 0. The zero-order chi connectivity index (χ0) is 20.0. The van der Waals surface area contributed by atoms with Crippen LogP contribution in [0, 0.1) is 0 Å². The average Bonchev–Trinajstić information content (AvgIpc) is 2.67. The molecular weight excluding hydrogens is 348 g/mol. The van der Waals surface area contributed by atoms with Crippen LogP contribution >= 0.6 is 0 Å². The molecule has 0 radical (unpaired) electrons. The highest BCUT2D eigenvalue weighted by atomic mass is 16.4. The van der Waals surface area contributed by atoms with Crippen molar-refractivity contribution in [1.29, 1.82) is 0 Å². The molecule has 2 aromatic rings. The van der Waals surface area contributed by atoms with E-state index < -0.39 is 0 Å². The summed E-state index contributed by atoms with van der Waals surface area (Å²) in [6, 6.07) is 6.61. The highest BCUT2D eigenvalue weighted by molar-refractivity contribution is 5.81. The Kier molecular flexibility index (Phi) is 10.8. The maximum absolute atomic E-state index is 11.7. The second-order valence-electron chi connectivity index (χ2n) is 8.12. The van der Waals surface area contributed by atoms with E-state index in [1.807, 2.05) is 6.07 Å². The zero-order valence-electron chi connectivity index (χ0n) is 17.7. The minimum absolute atomic E-state index is 0.129. The van der Waals surface area contributed by atoms with Gasteiger partial charge in [0, 0.05) is 17.5 Å². The normalized spacial score (nSPS) is 11.3. The second-order valence-corrected chi connectivity index (χ2v) is 8.12. The van der Waals surface area contributed by atoms with Gasteiger partial charge >= 0.3 is 5.63 Å². The molecule has 1 heterocycles. The number of rotatable bonds is 15. The fourth-order valence-corrected chi connectivity index (χ4v) is 3.94. The molecule has 0 saturated carbocycles. The van der Waals surface area contributed by atoms with Crippen molar-refractivity contribution in [1.82, 2.24) is 0 Å². The third-order valence-corrected chi connectivity index (χ3v) is 5.61. The number of hydrogen-bond acceptors (Lipinski definition) is 3. The second kappa shape index (κ2) is 13.4. The Morgan fingerprint density at radius 2 is 1.29 bits per heavy atom. The molecule has 1 aromatic carbocycles. The van der Waals surface area contributed by atoms with Crippen molar-refractivity contribution in [2.24, 2.45) is 0 Å². The Balaban J connectivity index is 1.52. The maximum atomic E-state index is 11.7. The summed E-state index contributed by atoms with van der Waals surface area (Å²) in [5.74, 6) is 0.129. The molecule has 1 aromatic heterocycles. The van der Waals surface area contributed by atoms with Crippen LogP contribution in [0.25, 0.3) is 11.0 Å². The number of aromatic hydroxyl groups is 1. The van der Waals surface area contributed by atoms with Crippen molar-refractivity contribution in [3.05, 3.63) is 40.2 Å². The monoisotopic (exact) mass is 386 g/mol. The third-order valence-electron chi connectivity index (χ3n) is 5.61. The van der Waals surface area contributed by atoms with Crippen LogP contribution in [0.15, 0.2) is 33.5 Å². The average molecular weight is 387 g/mol. The fourth-order valence-electron chi connectivity index (χ4n) is 3.94. The first-order valence-electron chi connectivity index (χ1n) is 11.5. The number of benzene rings is 1. The molecule has 0 bridgehead atoms. The number of phenolic OH excluding ortho intramolecular Hbond substituents is 1. The van der Waals surface area contributed by atoms with Crippen LogP contribution in [0.4, 0.5) is 0 Å². The summed E-state index contributed by atoms with van der Waals surface area (Å²) in [6.45, 7) is 2.27. The Morgan fingerprint density at radius 1 is 0.750 bits per heavy atom. The van der Waals surface area contributed by atoms with Crippen LogP contribution in [0.1, 0.15) is 102 Å². The molecule has 1 N–H and O–H groups in total. The number of fused-ring (bicyclic) bond motifs is 1. The predicted octanol–water partition coefficient (Wildman–Crippen LogP) is 7.52. The summed E-state index contributed by atoms with van der Waals surface area (Å²) < 4.78 is 5.19. The summed E-state index contributed by atoms with van der Waals surface area (Å²) in [6.07, 6.45) is 19.7. The summed E-state index contributed by atoms with van der Waals surface area (Å²) in [5, 5.41) is 10.5. The molecule has 2 rings (SSSR count). The van der Waals surface area contributed by atoms with Gasteiger partial charge in [-0.15, -0.1) is 0 Å². The number of unbranched alkanes of at least 4 members (excludes halogenated alkanes) is 13. The lowest BCUT2D eigenvalue weighted by molar-refractivity contribution is 0.473. The minimum Gasteiger partial charge on any atom is -0.508 e. The van der Waals surface area contributed by atoms with Crippen LogP contribution in [0.3, 0.4) is 0 Å². The van der Waals surface area contributed by atoms with Crippen LogP contribution < -0.4 is 5.63 Å². The molecular formula is C25H38O3. The molecule has 0 atom stereocenters. The standard InChI is InChI=1S/C25H38O3/c1-2-3-4-5-6-7-8-9-10-11-12-13-14-15-16-21-19-25(27)28-24-20-22(26)17-18-23(21)24/h17-20,26H,2-16H2,1H3. The fraction of sp³-hybridized carbons (Fsp3) is 0.640. The van der Waals surface area contributed by atoms with E-state index in [0.717, 1.165) is 23.8 Å². The molecule has 3 nitrogen and oxygen atoms in total. The van der Waals surface area contributed by atoms with Crippen molar-refractivity contribution in [3.63, 3.8) is 0 Å². The van der Waals surface area contributed by atoms with Crippen LogP contribution in [-0.4, -0.2) is 5.11 Å². The van der Waals surface area contributed by atoms with E-state index >= 15 is 0 Å². The van der Waals surface area contributed by atoms with Crippen LogP contribution in [0.2, 0.25) is 0 Å². The highest BCUT2D eigenvalue weighted by Crippen LogP contribution is 2.23. The number of phenols is 1. The van der Waals surface area contributed by atoms with Gasteiger partial charge in [-0.2, -0.15) is 0 Å². The molecule has 3 heteroatoms. The molecule has 28 heavy (non-hydrogen) atoms. The predicted molar refractivity (Wildman–Crippen MR) is 118 cm³/mol. The van der Waals surface area contributed by atoms with E-state index in [0.29, 0.717) is 5.58 Å². The van der Waals surface area contributed by atoms with Crippen molar-refractivity contribution in [2.75, 3.05) is 0 Å². The van der Waals surface area contributed by atoms with E-state index in [-0.39, 0.29) is 11.4 Å². The molecule has 0 amide bonds. The molecule has 0 unspecified atom stereocenters. The zero-order valence-corrected chi connectivity index (χ0v) is 17.7. The quantitative estimate of drug-likeness (QED) is 0.254. The molecule has 0 aliphatic carbocycles. The molecule has 156 valence electrons. The van der Waals surface area contributed by atoms with Gasteiger partial charge in [-0.3, -0.25) is 0 Å². The molecule has 0 aliphatic rings. The smallest absolute Gasteiger partial charge is 0.336 e. The van der Waals surface area contributed by atoms with Gasteiger partial charge in [-0.25, -0.2) is 4.79 Å². The van der Waals surface area contributed by atoms with Gasteiger partial charge in [0.2, 0.25) is 0 Å². The molecule has 0 aliphatic heterocycles. The Labute approximate surface area is 170 Å². The lowest BCUT2D eigenvalue weighted by Gasteiger charge is -2.06. The molecule has 0 spiro atoms. The lowest BCUT2D eigenvalue weighted by atomic mass is 10.0. The van der Waals surface area contributed by atoms with Crippen molar-refractivity contribution in [3.8, 4) is 5.75 Å². The van der Waals surface area contributed by atoms with E-state index in [1.54, 1.807) is 12.1 Å². The third kappa shape index (κ3) is 8.50. The van der Waals surface area contributed by atoms with Gasteiger partial charge in [0.1, 0.15) is 11.3 Å². The van der Waals surface area contributed by atoms with Gasteiger partial charge in [0.05, 0.1) is 0 Å². The maximum Gasteiger partial charge on any atom is 0.336 e. The van der Waals surface area contributed by atoms with E-state index in [4.69, 9.17) is 4.42 Å². The first kappa shape index (κ1) is 22.5. The van der Waals surface area contributed by atoms with Gasteiger partial charge < -0.3 is 9.52 Å². The Bertz CT molecular complexity index is 732. The summed E-state index contributed by atoms with van der Waals surface area (Å²) in [4.78, 5) is 11.7. The van der Waals surface area contributed by atoms with Crippen molar-refractivity contribution >= 4 is 11.0 Å². The number of aryl methyl sites for hydroxylation is 1. The van der Waals surface area contributed by atoms with Gasteiger partial charge in [0.15, 0.2) is 0 Å². The number of hydrogen-bond donors (Lipinski definition) is 1. The van der Waals surface area contributed by atoms with Gasteiger partial charge in [0.25, 0.3) is 0 Å². The van der Waals surface area contributed by atoms with E-state index in [1.165, 1.54) is 89.5 Å². The van der Waals surface area contributed by atoms with Crippen molar-refractivity contribution in [2.45, 2.75) is 103 Å². The van der Waals surface area contributed by atoms with Crippen LogP contribution in [-0.2, 0) is 6.42 Å². The van der Waals surface area contributed by atoms with Gasteiger partial charge in [-0.05, 0) is 30.5 Å². The SMILES string of the molecule is CCCCCCCCCCCCCCCCc1cc(=O)oc2cc(O)ccc12. The first-order valence-corrected chi connectivity index (χ1v) is 11.5. The Morgan fingerprint density at radius 3 is 1.86 bits per heavy atom. The molecule has 0 saturated heterocycles. The largest absolute Gasteiger partial charge is 0.508 e.